The van der Waals surface area contributed by atoms with E-state index in [4.69, 9.17) is 0 Å². The number of benzene rings is 1. The Morgan fingerprint density at radius 3 is 2.48 bits per heavy atom. The summed E-state index contributed by atoms with van der Waals surface area (Å²) in [6.45, 7) is 15.6. The van der Waals surface area contributed by atoms with Crippen LogP contribution in [-0.2, 0) is 12.1 Å². The Morgan fingerprint density at radius 1 is 1.15 bits per heavy atom. The smallest absolute Gasteiger partial charge is 0.252 e. The summed E-state index contributed by atoms with van der Waals surface area (Å²) in [5.41, 5.74) is 3.83. The van der Waals surface area contributed by atoms with E-state index < -0.39 is 0 Å². The minimum Gasteiger partial charge on any atom is -0.322 e. The lowest BCUT2D eigenvalue weighted by atomic mass is 9.96. The number of nitrogens with one attached hydrogen (secondary N) is 1. The maximum atomic E-state index is 13.2. The van der Waals surface area contributed by atoms with Gasteiger partial charge >= 0.3 is 0 Å². The van der Waals surface area contributed by atoms with Crippen LogP contribution in [0.3, 0.4) is 0 Å². The Kier molecular flexibility index (Phi) is 6.45. The highest BCUT2D eigenvalue weighted by atomic mass is 16.1. The first-order valence-electron chi connectivity index (χ1n) is 12.2. The second-order valence-corrected chi connectivity index (χ2v) is 11.1. The first-order chi connectivity index (χ1) is 15.6. The van der Waals surface area contributed by atoms with Crippen molar-refractivity contribution in [2.24, 2.45) is 5.92 Å². The molecule has 1 N–H and O–H groups in total. The molecule has 0 radical (unpaired) electrons. The fourth-order valence-electron chi connectivity index (χ4n) is 5.41. The van der Waals surface area contributed by atoms with Crippen LogP contribution < -0.4 is 5.56 Å². The highest BCUT2D eigenvalue weighted by Gasteiger charge is 2.37. The number of H-pyrrole nitrogens is 1. The van der Waals surface area contributed by atoms with Crippen LogP contribution in [0.4, 0.5) is 0 Å². The molecule has 7 nitrogen and oxygen atoms in total. The van der Waals surface area contributed by atoms with Gasteiger partial charge in [-0.3, -0.25) is 9.69 Å². The minimum atomic E-state index is -0.220. The van der Waals surface area contributed by atoms with Gasteiger partial charge in [-0.25, -0.2) is 4.68 Å². The van der Waals surface area contributed by atoms with Gasteiger partial charge < -0.3 is 4.98 Å². The first kappa shape index (κ1) is 23.6. The van der Waals surface area contributed by atoms with Crippen molar-refractivity contribution in [1.82, 2.24) is 30.1 Å². The second-order valence-electron chi connectivity index (χ2n) is 11.1. The van der Waals surface area contributed by atoms with E-state index in [-0.39, 0.29) is 17.1 Å². The van der Waals surface area contributed by atoms with E-state index >= 15 is 0 Å². The molecule has 1 fully saturated rings. The van der Waals surface area contributed by atoms with Gasteiger partial charge in [0.1, 0.15) is 0 Å². The van der Waals surface area contributed by atoms with E-state index in [1.807, 2.05) is 4.68 Å². The third-order valence-corrected chi connectivity index (χ3v) is 6.92. The SMILES string of the molecule is Cc1cc(C)c2cc(CN(C3CCCC3)[C@H](c3nnnn3C(C)(C)C)C(C)C)c(=O)[nH]c2c1. The summed E-state index contributed by atoms with van der Waals surface area (Å²) < 4.78 is 1.96. The molecule has 0 unspecified atom stereocenters. The molecule has 4 rings (SSSR count). The highest BCUT2D eigenvalue weighted by molar-refractivity contribution is 5.83. The molecule has 0 amide bonds. The van der Waals surface area contributed by atoms with Crippen molar-refractivity contribution in [3.05, 3.63) is 51.1 Å². The van der Waals surface area contributed by atoms with Gasteiger partial charge in [0.25, 0.3) is 5.56 Å². The number of hydrogen-bond acceptors (Lipinski definition) is 5. The Bertz CT molecular complexity index is 1180. The van der Waals surface area contributed by atoms with Gasteiger partial charge in [-0.1, -0.05) is 32.8 Å². The van der Waals surface area contributed by atoms with Crippen molar-refractivity contribution in [1.29, 1.82) is 0 Å². The molecule has 1 aliphatic carbocycles. The summed E-state index contributed by atoms with van der Waals surface area (Å²) in [6.07, 6.45) is 4.74. The van der Waals surface area contributed by atoms with Crippen LogP contribution in [0.2, 0.25) is 0 Å². The number of aromatic amines is 1. The van der Waals surface area contributed by atoms with Crippen LogP contribution in [0.5, 0.6) is 0 Å². The molecule has 1 aliphatic rings. The average molecular weight is 451 g/mol. The predicted molar refractivity (Wildman–Crippen MR) is 132 cm³/mol. The lowest BCUT2D eigenvalue weighted by Crippen LogP contribution is -2.42. The van der Waals surface area contributed by atoms with E-state index in [2.05, 4.69) is 92.1 Å². The van der Waals surface area contributed by atoms with E-state index in [9.17, 15) is 4.79 Å². The molecule has 0 saturated heterocycles. The van der Waals surface area contributed by atoms with Gasteiger partial charge in [-0.2, -0.15) is 0 Å². The Hall–Kier alpha value is -2.54. The van der Waals surface area contributed by atoms with E-state index in [0.717, 1.165) is 40.7 Å². The Labute approximate surface area is 196 Å². The van der Waals surface area contributed by atoms with Crippen LogP contribution in [0.25, 0.3) is 10.9 Å². The first-order valence-corrected chi connectivity index (χ1v) is 12.2. The zero-order valence-electron chi connectivity index (χ0n) is 21.1. The van der Waals surface area contributed by atoms with Gasteiger partial charge in [0.05, 0.1) is 11.6 Å². The van der Waals surface area contributed by atoms with E-state index in [0.29, 0.717) is 18.5 Å². The monoisotopic (exact) mass is 450 g/mol. The number of rotatable bonds is 6. The molecule has 3 aromatic rings. The minimum absolute atomic E-state index is 0.00610. The molecule has 1 aromatic carbocycles. The normalized spacial score (nSPS) is 16.4. The lowest BCUT2D eigenvalue weighted by molar-refractivity contribution is 0.0802. The number of aryl methyl sites for hydroxylation is 2. The van der Waals surface area contributed by atoms with Gasteiger partial charge in [-0.15, -0.1) is 5.10 Å². The van der Waals surface area contributed by atoms with Crippen molar-refractivity contribution in [2.45, 2.75) is 98.3 Å². The topological polar surface area (TPSA) is 79.7 Å². The third kappa shape index (κ3) is 4.74. The van der Waals surface area contributed by atoms with Crippen molar-refractivity contribution < 1.29 is 0 Å². The summed E-state index contributed by atoms with van der Waals surface area (Å²) in [5.74, 6) is 1.18. The van der Waals surface area contributed by atoms with Crippen LogP contribution >= 0.6 is 0 Å². The van der Waals surface area contributed by atoms with Gasteiger partial charge in [0.2, 0.25) is 0 Å². The molecule has 0 spiro atoms. The molecule has 1 atom stereocenters. The number of hydrogen-bond donors (Lipinski definition) is 1. The standard InChI is InChI=1S/C26H38N6O/c1-16(2)23(24-28-29-30-32(24)26(5,6)7)31(20-10-8-9-11-20)15-19-14-21-18(4)12-17(3)13-22(21)27-25(19)33/h12-14,16,20,23H,8-11,15H2,1-7H3,(H,27,33)/t23-/m0/s1. The summed E-state index contributed by atoms with van der Waals surface area (Å²) in [6, 6.07) is 6.76. The average Bonchev–Trinajstić information content (AvgIpc) is 3.39. The Morgan fingerprint density at radius 2 is 1.85 bits per heavy atom. The molecule has 33 heavy (non-hydrogen) atoms. The molecule has 2 heterocycles. The van der Waals surface area contributed by atoms with Gasteiger partial charge in [0.15, 0.2) is 5.82 Å². The summed E-state index contributed by atoms with van der Waals surface area (Å²) in [5, 5.41) is 14.0. The molecular weight excluding hydrogens is 412 g/mol. The summed E-state index contributed by atoms with van der Waals surface area (Å²) in [4.78, 5) is 18.8. The van der Waals surface area contributed by atoms with Gasteiger partial charge in [0, 0.05) is 29.1 Å². The molecule has 178 valence electrons. The second kappa shape index (κ2) is 9.01. The number of aromatic nitrogens is 5. The molecule has 7 heteroatoms. The number of tetrazole rings is 1. The van der Waals surface area contributed by atoms with Crippen molar-refractivity contribution in [3.8, 4) is 0 Å². The van der Waals surface area contributed by atoms with Crippen molar-refractivity contribution in [3.63, 3.8) is 0 Å². The number of nitrogens with zero attached hydrogens (tertiary/aromatic N) is 5. The molecule has 0 bridgehead atoms. The maximum Gasteiger partial charge on any atom is 0.252 e. The number of pyridine rings is 1. The van der Waals surface area contributed by atoms with Crippen LogP contribution in [0.15, 0.2) is 23.0 Å². The van der Waals surface area contributed by atoms with Crippen molar-refractivity contribution in [2.75, 3.05) is 0 Å². The van der Waals surface area contributed by atoms with Crippen molar-refractivity contribution >= 4 is 10.9 Å². The van der Waals surface area contributed by atoms with E-state index in [1.54, 1.807) is 0 Å². The molecular formula is C26H38N6O. The number of fused-ring (bicyclic) bond motifs is 1. The predicted octanol–water partition coefficient (Wildman–Crippen LogP) is 5.03. The molecule has 1 saturated carbocycles. The third-order valence-electron chi connectivity index (χ3n) is 6.92. The zero-order chi connectivity index (χ0) is 23.9. The molecule has 0 aliphatic heterocycles. The fraction of sp³-hybridized carbons (Fsp3) is 0.615. The van der Waals surface area contributed by atoms with Crippen LogP contribution in [-0.4, -0.2) is 36.1 Å². The maximum absolute atomic E-state index is 13.2. The largest absolute Gasteiger partial charge is 0.322 e. The summed E-state index contributed by atoms with van der Waals surface area (Å²) in [7, 11) is 0. The highest BCUT2D eigenvalue weighted by Crippen LogP contribution is 2.37. The van der Waals surface area contributed by atoms with E-state index in [1.165, 1.54) is 18.4 Å². The fourth-order valence-corrected chi connectivity index (χ4v) is 5.41. The summed E-state index contributed by atoms with van der Waals surface area (Å²) >= 11 is 0. The van der Waals surface area contributed by atoms with Crippen LogP contribution in [0, 0.1) is 19.8 Å². The van der Waals surface area contributed by atoms with Gasteiger partial charge in [-0.05, 0) is 87.1 Å². The Balaban J connectivity index is 1.81. The molecule has 2 aromatic heterocycles. The quantitative estimate of drug-likeness (QED) is 0.570. The lowest BCUT2D eigenvalue weighted by Gasteiger charge is -2.39. The van der Waals surface area contributed by atoms with Crippen LogP contribution in [0.1, 0.15) is 88.9 Å². The zero-order valence-corrected chi connectivity index (χ0v) is 21.1.